The number of rotatable bonds is 17. The van der Waals surface area contributed by atoms with Crippen LogP contribution in [0.5, 0.6) is 0 Å². The van der Waals surface area contributed by atoms with Gasteiger partial charge in [-0.15, -0.1) is 0 Å². The van der Waals surface area contributed by atoms with Crippen molar-refractivity contribution in [3.05, 3.63) is 0 Å². The lowest BCUT2D eigenvalue weighted by Gasteiger charge is -2.58. The molecular formula is C21H38N7O4S2+. The molecule has 0 amide bonds. The minimum absolute atomic E-state index is 0.00669. The molecule has 0 aliphatic carbocycles. The first kappa shape index (κ1) is 28.7. The van der Waals surface area contributed by atoms with Gasteiger partial charge in [0.05, 0.1) is 18.6 Å². The highest BCUT2D eigenvalue weighted by molar-refractivity contribution is 7.98. The van der Waals surface area contributed by atoms with Gasteiger partial charge in [0.25, 0.3) is 5.78 Å². The summed E-state index contributed by atoms with van der Waals surface area (Å²) in [5.41, 5.74) is 18.5. The van der Waals surface area contributed by atoms with Crippen LogP contribution in [0, 0.1) is 0 Å². The summed E-state index contributed by atoms with van der Waals surface area (Å²) < 4.78 is 0.0614. The van der Waals surface area contributed by atoms with Crippen LogP contribution >= 0.6 is 24.4 Å². The second kappa shape index (κ2) is 13.0. The predicted octanol–water partition coefficient (Wildman–Crippen LogP) is -1.28. The summed E-state index contributed by atoms with van der Waals surface area (Å²) in [4.78, 5) is 54.1. The van der Waals surface area contributed by atoms with Gasteiger partial charge in [0, 0.05) is 32.1 Å². The van der Waals surface area contributed by atoms with Gasteiger partial charge in [0.15, 0.2) is 12.0 Å². The van der Waals surface area contributed by atoms with Gasteiger partial charge in [-0.25, -0.2) is 15.4 Å². The van der Waals surface area contributed by atoms with Crippen molar-refractivity contribution >= 4 is 54.5 Å². The summed E-state index contributed by atoms with van der Waals surface area (Å²) in [5.74, 6) is 0.479. The van der Waals surface area contributed by atoms with E-state index in [0.29, 0.717) is 38.8 Å². The van der Waals surface area contributed by atoms with E-state index >= 15 is 0 Å². The molecule has 2 heterocycles. The van der Waals surface area contributed by atoms with Crippen molar-refractivity contribution in [3.8, 4) is 0 Å². The number of quaternary nitrogens is 1. The van der Waals surface area contributed by atoms with Gasteiger partial charge in [0.1, 0.15) is 18.6 Å². The van der Waals surface area contributed by atoms with Crippen molar-refractivity contribution in [3.63, 3.8) is 0 Å². The average Bonchev–Trinajstić information content (AvgIpc) is 3.23. The molecule has 2 unspecified atom stereocenters. The molecule has 192 valence electrons. The van der Waals surface area contributed by atoms with Gasteiger partial charge in [-0.3, -0.25) is 14.6 Å². The Morgan fingerprint density at radius 1 is 1.29 bits per heavy atom. The number of Topliss-reactive ketones (excluding diaryl/α,β-unsaturated/α-hetero) is 2. The maximum absolute atomic E-state index is 13.7. The van der Waals surface area contributed by atoms with E-state index in [4.69, 9.17) is 11.5 Å². The topological polar surface area (TPSA) is 169 Å². The second-order valence-corrected chi connectivity index (χ2v) is 10.3. The lowest BCUT2D eigenvalue weighted by atomic mass is 9.72. The van der Waals surface area contributed by atoms with Crippen molar-refractivity contribution < 1.29 is 23.8 Å². The summed E-state index contributed by atoms with van der Waals surface area (Å²) in [6, 6.07) is -2.17. The number of guanidine groups is 1. The van der Waals surface area contributed by atoms with Crippen LogP contribution in [0.2, 0.25) is 0 Å². The van der Waals surface area contributed by atoms with E-state index in [1.54, 1.807) is 18.7 Å². The third-order valence-corrected chi connectivity index (χ3v) is 7.86. The maximum Gasteiger partial charge on any atom is 0.261 e. The monoisotopic (exact) mass is 516 g/mol. The Balaban J connectivity index is 2.16. The number of aldehydes is 2. The Labute approximate surface area is 210 Å². The highest BCUT2D eigenvalue weighted by Gasteiger charge is 2.77. The SMILES string of the molecule is CSCC[C@H](C=O)NN[C@@H](CS)C(=O)C1(C)C(=O)[C@@H]2CCC[N+]21N[C@@H](C=O)CCCN=C(N)N. The first-order chi connectivity index (χ1) is 16.2. The number of thioether (sulfide) groups is 1. The molecule has 7 N–H and O–H groups in total. The van der Waals surface area contributed by atoms with Crippen molar-refractivity contribution in [2.75, 3.05) is 30.9 Å². The molecule has 6 atom stereocenters. The minimum Gasteiger partial charge on any atom is -0.370 e. The molecule has 2 rings (SSSR count). The summed E-state index contributed by atoms with van der Waals surface area (Å²) in [5, 5.41) is 0. The number of ketones is 2. The molecule has 2 fully saturated rings. The lowest BCUT2D eigenvalue weighted by molar-refractivity contribution is -1.02. The zero-order valence-electron chi connectivity index (χ0n) is 19.9. The largest absolute Gasteiger partial charge is 0.370 e. The van der Waals surface area contributed by atoms with Crippen molar-refractivity contribution in [1.82, 2.24) is 16.3 Å². The van der Waals surface area contributed by atoms with E-state index in [9.17, 15) is 19.2 Å². The van der Waals surface area contributed by atoms with Gasteiger partial charge in [0.2, 0.25) is 11.3 Å². The number of carbonyl (C=O) groups excluding carboxylic acids is 4. The summed E-state index contributed by atoms with van der Waals surface area (Å²) >= 11 is 5.95. The molecule has 2 aliphatic heterocycles. The minimum atomic E-state index is -1.36. The van der Waals surface area contributed by atoms with Crippen LogP contribution < -0.4 is 27.7 Å². The molecule has 0 bridgehead atoms. The van der Waals surface area contributed by atoms with E-state index in [0.717, 1.165) is 24.7 Å². The van der Waals surface area contributed by atoms with Crippen molar-refractivity contribution in [2.24, 2.45) is 16.5 Å². The maximum atomic E-state index is 13.7. The molecule has 2 saturated heterocycles. The molecule has 2 aliphatic rings. The average molecular weight is 517 g/mol. The Hall–Kier alpha value is -1.51. The Kier molecular flexibility index (Phi) is 11.0. The number of nitrogens with two attached hydrogens (primary N) is 2. The molecule has 34 heavy (non-hydrogen) atoms. The fourth-order valence-electron chi connectivity index (χ4n) is 4.97. The molecule has 13 heteroatoms. The number of hydrogen-bond acceptors (Lipinski definition) is 10. The van der Waals surface area contributed by atoms with Gasteiger partial charge in [-0.05, 0) is 31.3 Å². The van der Waals surface area contributed by atoms with Gasteiger partial charge < -0.3 is 21.1 Å². The van der Waals surface area contributed by atoms with E-state index in [2.05, 4.69) is 33.9 Å². The van der Waals surface area contributed by atoms with Crippen LogP contribution in [0.4, 0.5) is 0 Å². The summed E-state index contributed by atoms with van der Waals surface area (Å²) in [6.07, 6.45) is 6.63. The first-order valence-electron chi connectivity index (χ1n) is 11.5. The standard InChI is InChI=1S/C21H37N7O4S2/c1-21(18(31)16(13-33)26-25-14(11-29)7-10-34-2)19(32)17-6-4-9-28(17,21)27-15(12-30)5-3-8-24-20(22)23/h11-12,14-17,25-27H,3-10,13H2,1-2H3,(H4-,22,23,24,33)/p+1/t14-,15-,16+,17+,21?,28?/m1/s1. The van der Waals surface area contributed by atoms with Crippen molar-refractivity contribution in [2.45, 2.75) is 68.7 Å². The molecule has 0 aromatic heterocycles. The van der Waals surface area contributed by atoms with E-state index in [-0.39, 0.29) is 33.9 Å². The van der Waals surface area contributed by atoms with Crippen LogP contribution in [0.25, 0.3) is 0 Å². The highest BCUT2D eigenvalue weighted by atomic mass is 32.2. The Bertz CT molecular complexity index is 782. The van der Waals surface area contributed by atoms with Crippen LogP contribution in [0.3, 0.4) is 0 Å². The molecule has 0 saturated carbocycles. The number of hydrazine groups is 1. The van der Waals surface area contributed by atoms with E-state index in [1.807, 2.05) is 6.26 Å². The van der Waals surface area contributed by atoms with Gasteiger partial charge in [-0.2, -0.15) is 29.8 Å². The third-order valence-electron chi connectivity index (χ3n) is 6.85. The van der Waals surface area contributed by atoms with Crippen LogP contribution in [-0.4, -0.2) is 95.2 Å². The lowest BCUT2D eigenvalue weighted by Crippen LogP contribution is -2.91. The van der Waals surface area contributed by atoms with Crippen molar-refractivity contribution in [1.29, 1.82) is 0 Å². The van der Waals surface area contributed by atoms with Gasteiger partial charge >= 0.3 is 0 Å². The summed E-state index contributed by atoms with van der Waals surface area (Å²) in [6.45, 7) is 2.60. The van der Waals surface area contributed by atoms with E-state index < -0.39 is 23.7 Å². The van der Waals surface area contributed by atoms with E-state index in [1.165, 1.54) is 0 Å². The molecule has 11 nitrogen and oxygen atoms in total. The zero-order valence-corrected chi connectivity index (χ0v) is 21.6. The Morgan fingerprint density at radius 2 is 2.00 bits per heavy atom. The predicted molar refractivity (Wildman–Crippen MR) is 136 cm³/mol. The fourth-order valence-corrected chi connectivity index (χ4v) is 5.72. The van der Waals surface area contributed by atoms with Gasteiger partial charge in [-0.1, -0.05) is 0 Å². The number of carbonyl (C=O) groups is 4. The quantitative estimate of drug-likeness (QED) is 0.0200. The normalized spacial score (nSPS) is 28.3. The molecule has 0 spiro atoms. The number of nitrogens with zero attached hydrogens (tertiary/aromatic N) is 2. The fraction of sp³-hybridized carbons (Fsp3) is 0.762. The smallest absolute Gasteiger partial charge is 0.261 e. The van der Waals surface area contributed by atoms with Crippen LogP contribution in [-0.2, 0) is 19.2 Å². The third kappa shape index (κ3) is 5.82. The molecule has 0 aromatic rings. The number of hydrogen-bond donors (Lipinski definition) is 6. The molecular weight excluding hydrogens is 478 g/mol. The number of thiol groups is 1. The number of aliphatic imine (C=N–C) groups is 1. The zero-order chi connectivity index (χ0) is 25.4. The number of nitrogens with one attached hydrogen (secondary N) is 3. The molecule has 0 aromatic carbocycles. The summed E-state index contributed by atoms with van der Waals surface area (Å²) in [7, 11) is 0. The Morgan fingerprint density at radius 3 is 2.59 bits per heavy atom. The van der Waals surface area contributed by atoms with Crippen LogP contribution in [0.15, 0.2) is 4.99 Å². The van der Waals surface area contributed by atoms with Crippen LogP contribution in [0.1, 0.15) is 39.0 Å². The second-order valence-electron chi connectivity index (χ2n) is 8.92. The first-order valence-corrected chi connectivity index (χ1v) is 13.6. The molecule has 0 radical (unpaired) electrons. The number of fused-ring (bicyclic) bond motifs is 1. The highest BCUT2D eigenvalue weighted by Crippen LogP contribution is 2.47.